The summed E-state index contributed by atoms with van der Waals surface area (Å²) < 4.78 is 0. The lowest BCUT2D eigenvalue weighted by atomic mass is 10.1. The summed E-state index contributed by atoms with van der Waals surface area (Å²) >= 11 is 1.61. The summed E-state index contributed by atoms with van der Waals surface area (Å²) in [6.45, 7) is 6.21. The molecule has 2 aromatic heterocycles. The van der Waals surface area contributed by atoms with Crippen molar-refractivity contribution in [3.05, 3.63) is 44.0 Å². The molecule has 2 heterocycles. The van der Waals surface area contributed by atoms with Crippen molar-refractivity contribution in [2.24, 2.45) is 5.92 Å². The molecule has 1 N–H and O–H groups in total. The van der Waals surface area contributed by atoms with Crippen molar-refractivity contribution >= 4 is 11.3 Å². The van der Waals surface area contributed by atoms with Gasteiger partial charge < -0.3 is 4.98 Å². The van der Waals surface area contributed by atoms with Gasteiger partial charge in [0.05, 0.1) is 10.7 Å². The monoisotopic (exact) mass is 263 g/mol. The van der Waals surface area contributed by atoms with Gasteiger partial charge in [0.1, 0.15) is 5.82 Å². The molecule has 0 atom stereocenters. The molecule has 2 rings (SSSR count). The summed E-state index contributed by atoms with van der Waals surface area (Å²) in [5, 5.41) is 3.04. The molecule has 0 amide bonds. The van der Waals surface area contributed by atoms with E-state index in [0.717, 1.165) is 22.8 Å². The van der Waals surface area contributed by atoms with E-state index in [-0.39, 0.29) is 5.56 Å². The van der Waals surface area contributed by atoms with Crippen LogP contribution >= 0.6 is 11.3 Å². The first-order chi connectivity index (χ1) is 8.52. The average molecular weight is 263 g/mol. The van der Waals surface area contributed by atoms with Crippen LogP contribution < -0.4 is 5.56 Å². The van der Waals surface area contributed by atoms with E-state index in [1.807, 2.05) is 12.3 Å². The molecule has 0 aliphatic carbocycles. The third-order valence-electron chi connectivity index (χ3n) is 2.48. The Balaban J connectivity index is 2.22. The Hall–Kier alpha value is -1.49. The van der Waals surface area contributed by atoms with Crippen LogP contribution in [0.3, 0.4) is 0 Å². The van der Waals surface area contributed by atoms with E-state index < -0.39 is 0 Å². The second-order valence-electron chi connectivity index (χ2n) is 4.82. The van der Waals surface area contributed by atoms with Gasteiger partial charge in [-0.2, -0.15) is 0 Å². The molecule has 0 aliphatic heterocycles. The number of aromatic amines is 1. The van der Waals surface area contributed by atoms with Crippen molar-refractivity contribution in [3.8, 4) is 0 Å². The number of aromatic nitrogens is 3. The zero-order valence-electron chi connectivity index (χ0n) is 10.9. The van der Waals surface area contributed by atoms with Gasteiger partial charge in [0.2, 0.25) is 0 Å². The molecule has 2 aromatic rings. The van der Waals surface area contributed by atoms with E-state index in [9.17, 15) is 4.79 Å². The number of hydrogen-bond donors (Lipinski definition) is 1. The Labute approximate surface area is 110 Å². The van der Waals surface area contributed by atoms with E-state index in [1.165, 1.54) is 0 Å². The topological polar surface area (TPSA) is 58.6 Å². The molecule has 0 aliphatic rings. The van der Waals surface area contributed by atoms with Crippen LogP contribution in [0.4, 0.5) is 0 Å². The molecule has 0 aromatic carbocycles. The SMILES string of the molecule is Cc1nc(Cc2nc(CC(C)C)cc(=O)[nH]2)cs1. The fourth-order valence-electron chi connectivity index (χ4n) is 1.83. The fraction of sp³-hybridized carbons (Fsp3) is 0.462. The summed E-state index contributed by atoms with van der Waals surface area (Å²) in [6, 6.07) is 1.58. The molecule has 96 valence electrons. The Morgan fingerprint density at radius 2 is 2.11 bits per heavy atom. The first kappa shape index (κ1) is 13.0. The lowest BCUT2D eigenvalue weighted by molar-refractivity contribution is 0.629. The quantitative estimate of drug-likeness (QED) is 0.921. The molecule has 4 nitrogen and oxygen atoms in total. The number of nitrogens with zero attached hydrogens (tertiary/aromatic N) is 2. The van der Waals surface area contributed by atoms with E-state index in [4.69, 9.17) is 0 Å². The Morgan fingerprint density at radius 3 is 2.72 bits per heavy atom. The molecule has 18 heavy (non-hydrogen) atoms. The van der Waals surface area contributed by atoms with Crippen LogP contribution in [0.1, 0.15) is 36.1 Å². The third kappa shape index (κ3) is 3.50. The first-order valence-electron chi connectivity index (χ1n) is 6.03. The number of H-pyrrole nitrogens is 1. The molecule has 0 unspecified atom stereocenters. The summed E-state index contributed by atoms with van der Waals surface area (Å²) in [5.41, 5.74) is 1.74. The first-order valence-corrected chi connectivity index (χ1v) is 6.91. The van der Waals surface area contributed by atoms with Gasteiger partial charge in [-0.3, -0.25) is 4.79 Å². The molecule has 0 saturated carbocycles. The number of thiazole rings is 1. The molecule has 0 bridgehead atoms. The highest BCUT2D eigenvalue weighted by molar-refractivity contribution is 7.09. The van der Waals surface area contributed by atoms with E-state index in [1.54, 1.807) is 17.4 Å². The predicted molar refractivity (Wildman–Crippen MR) is 73.1 cm³/mol. The second kappa shape index (κ2) is 5.44. The lowest BCUT2D eigenvalue weighted by Crippen LogP contribution is -2.14. The predicted octanol–water partition coefficient (Wildman–Crippen LogP) is 2.32. The maximum absolute atomic E-state index is 11.6. The van der Waals surface area contributed by atoms with E-state index >= 15 is 0 Å². The molecular formula is C13H17N3OS. The smallest absolute Gasteiger partial charge is 0.251 e. The van der Waals surface area contributed by atoms with Crippen molar-refractivity contribution < 1.29 is 0 Å². The van der Waals surface area contributed by atoms with Gasteiger partial charge >= 0.3 is 0 Å². The molecule has 0 saturated heterocycles. The summed E-state index contributed by atoms with van der Waals surface area (Å²) in [5.74, 6) is 1.19. The summed E-state index contributed by atoms with van der Waals surface area (Å²) in [7, 11) is 0. The van der Waals surface area contributed by atoms with Gasteiger partial charge in [0.15, 0.2) is 0 Å². The van der Waals surface area contributed by atoms with Crippen LogP contribution in [0, 0.1) is 12.8 Å². The Bertz CT molecular complexity index is 586. The minimum absolute atomic E-state index is 0.0809. The van der Waals surface area contributed by atoms with Crippen molar-refractivity contribution in [2.75, 3.05) is 0 Å². The molecule has 0 spiro atoms. The Kier molecular flexibility index (Phi) is 3.91. The summed E-state index contributed by atoms with van der Waals surface area (Å²) in [4.78, 5) is 23.2. The summed E-state index contributed by atoms with van der Waals surface area (Å²) in [6.07, 6.45) is 1.42. The van der Waals surface area contributed by atoms with Crippen LogP contribution in [0.5, 0.6) is 0 Å². The second-order valence-corrected chi connectivity index (χ2v) is 5.88. The molecule has 0 radical (unpaired) electrons. The zero-order valence-corrected chi connectivity index (χ0v) is 11.7. The molecule has 0 fully saturated rings. The van der Waals surface area contributed by atoms with Gasteiger partial charge in [0.25, 0.3) is 5.56 Å². The van der Waals surface area contributed by atoms with Crippen molar-refractivity contribution in [1.82, 2.24) is 15.0 Å². The van der Waals surface area contributed by atoms with Gasteiger partial charge in [-0.05, 0) is 19.3 Å². The van der Waals surface area contributed by atoms with Crippen LogP contribution in [-0.2, 0) is 12.8 Å². The standard InChI is InChI=1S/C13H17N3OS/c1-8(2)4-10-6-13(17)16-12(15-10)5-11-7-18-9(3)14-11/h6-8H,4-5H2,1-3H3,(H,15,16,17). The average Bonchev–Trinajstić information content (AvgIpc) is 2.61. The number of nitrogens with one attached hydrogen (secondary N) is 1. The zero-order chi connectivity index (χ0) is 13.1. The van der Waals surface area contributed by atoms with E-state index in [2.05, 4.69) is 28.8 Å². The van der Waals surface area contributed by atoms with Crippen LogP contribution in [-0.4, -0.2) is 15.0 Å². The van der Waals surface area contributed by atoms with Crippen molar-refractivity contribution in [1.29, 1.82) is 0 Å². The van der Waals surface area contributed by atoms with Gasteiger partial charge in [-0.1, -0.05) is 13.8 Å². The molecule has 5 heteroatoms. The maximum Gasteiger partial charge on any atom is 0.251 e. The fourth-order valence-corrected chi connectivity index (χ4v) is 2.44. The maximum atomic E-state index is 11.6. The minimum Gasteiger partial charge on any atom is -0.310 e. The van der Waals surface area contributed by atoms with Crippen LogP contribution in [0.25, 0.3) is 0 Å². The van der Waals surface area contributed by atoms with E-state index in [0.29, 0.717) is 18.2 Å². The lowest BCUT2D eigenvalue weighted by Gasteiger charge is -2.05. The van der Waals surface area contributed by atoms with Crippen molar-refractivity contribution in [2.45, 2.75) is 33.6 Å². The minimum atomic E-state index is -0.0809. The highest BCUT2D eigenvalue weighted by Gasteiger charge is 2.06. The molecular weight excluding hydrogens is 246 g/mol. The van der Waals surface area contributed by atoms with Crippen molar-refractivity contribution in [3.63, 3.8) is 0 Å². The normalized spacial score (nSPS) is 11.1. The van der Waals surface area contributed by atoms with Gasteiger partial charge in [-0.15, -0.1) is 11.3 Å². The largest absolute Gasteiger partial charge is 0.310 e. The highest BCUT2D eigenvalue weighted by Crippen LogP contribution is 2.11. The number of aryl methyl sites for hydroxylation is 1. The van der Waals surface area contributed by atoms with Gasteiger partial charge in [0, 0.05) is 23.6 Å². The third-order valence-corrected chi connectivity index (χ3v) is 3.30. The van der Waals surface area contributed by atoms with Gasteiger partial charge in [-0.25, -0.2) is 9.97 Å². The Morgan fingerprint density at radius 1 is 1.33 bits per heavy atom. The number of hydrogen-bond acceptors (Lipinski definition) is 4. The van der Waals surface area contributed by atoms with Crippen LogP contribution in [0.15, 0.2) is 16.2 Å². The van der Waals surface area contributed by atoms with Crippen LogP contribution in [0.2, 0.25) is 0 Å². The number of rotatable bonds is 4. The highest BCUT2D eigenvalue weighted by atomic mass is 32.1.